The summed E-state index contributed by atoms with van der Waals surface area (Å²) in [7, 11) is 5.23. The highest BCUT2D eigenvalue weighted by atomic mass is 19.3. The molecule has 0 unspecified atom stereocenters. The molecule has 1 heterocycles. The number of anilines is 1. The van der Waals surface area contributed by atoms with Crippen molar-refractivity contribution in [3.8, 4) is 11.5 Å². The highest BCUT2D eigenvalue weighted by molar-refractivity contribution is 5.95. The molecule has 1 aliphatic carbocycles. The second-order valence-electron chi connectivity index (χ2n) is 6.89. The van der Waals surface area contributed by atoms with Gasteiger partial charge < -0.3 is 19.7 Å². The number of aryl methyl sites for hydroxylation is 1. The van der Waals surface area contributed by atoms with E-state index in [0.29, 0.717) is 31.1 Å². The van der Waals surface area contributed by atoms with Crippen LogP contribution in [0.3, 0.4) is 0 Å². The quantitative estimate of drug-likeness (QED) is 0.673. The second kappa shape index (κ2) is 8.69. The van der Waals surface area contributed by atoms with Gasteiger partial charge in [-0.15, -0.1) is 0 Å². The van der Waals surface area contributed by atoms with Crippen molar-refractivity contribution < 1.29 is 18.3 Å². The van der Waals surface area contributed by atoms with Gasteiger partial charge >= 0.3 is 0 Å². The molecule has 0 bridgehead atoms. The molecule has 0 saturated heterocycles. The maximum atomic E-state index is 12.4. The number of fused-ring (bicyclic) bond motifs is 2. The number of rotatable bonds is 9. The number of halogens is 2. The number of nitrogens with zero attached hydrogens (tertiary/aromatic N) is 2. The number of hydrogen-bond donors (Lipinski definition) is 1. The van der Waals surface area contributed by atoms with Crippen molar-refractivity contribution in [1.29, 1.82) is 0 Å². The Labute approximate surface area is 158 Å². The maximum Gasteiger partial charge on any atom is 0.251 e. The first-order valence-electron chi connectivity index (χ1n) is 9.34. The van der Waals surface area contributed by atoms with E-state index >= 15 is 0 Å². The van der Waals surface area contributed by atoms with Gasteiger partial charge in [0.05, 0.1) is 25.8 Å². The van der Waals surface area contributed by atoms with Gasteiger partial charge in [0.2, 0.25) is 0 Å². The lowest BCUT2D eigenvalue weighted by Crippen LogP contribution is -2.26. The number of aromatic nitrogens is 1. The highest BCUT2D eigenvalue weighted by Gasteiger charge is 2.20. The van der Waals surface area contributed by atoms with Gasteiger partial charge in [-0.1, -0.05) is 0 Å². The van der Waals surface area contributed by atoms with E-state index in [1.807, 2.05) is 19.2 Å². The fraction of sp³-hybridized carbons (Fsp3) is 0.550. The SMILES string of the molecule is CNc1c2c(nc3cc(OCCCN(C)CC(F)F)c(OC)cc13)CCC2. The Balaban J connectivity index is 1.77. The van der Waals surface area contributed by atoms with Crippen molar-refractivity contribution in [2.24, 2.45) is 0 Å². The molecule has 1 aromatic carbocycles. The van der Waals surface area contributed by atoms with E-state index in [4.69, 9.17) is 14.5 Å². The first-order valence-corrected chi connectivity index (χ1v) is 9.34. The van der Waals surface area contributed by atoms with Gasteiger partial charge in [-0.3, -0.25) is 4.98 Å². The minimum absolute atomic E-state index is 0.221. The van der Waals surface area contributed by atoms with Crippen LogP contribution >= 0.6 is 0 Å². The summed E-state index contributed by atoms with van der Waals surface area (Å²) < 4.78 is 36.1. The molecule has 5 nitrogen and oxygen atoms in total. The van der Waals surface area contributed by atoms with Crippen molar-refractivity contribution >= 4 is 16.6 Å². The zero-order chi connectivity index (χ0) is 19.4. The summed E-state index contributed by atoms with van der Waals surface area (Å²) in [4.78, 5) is 6.43. The number of benzene rings is 1. The topological polar surface area (TPSA) is 46.6 Å². The van der Waals surface area contributed by atoms with E-state index in [9.17, 15) is 8.78 Å². The Morgan fingerprint density at radius 2 is 2.07 bits per heavy atom. The molecule has 0 aliphatic heterocycles. The van der Waals surface area contributed by atoms with Gasteiger partial charge in [0.25, 0.3) is 6.43 Å². The molecule has 0 radical (unpaired) electrons. The van der Waals surface area contributed by atoms with Crippen molar-refractivity contribution in [2.75, 3.05) is 46.2 Å². The van der Waals surface area contributed by atoms with Crippen LogP contribution in [0.2, 0.25) is 0 Å². The minimum atomic E-state index is -2.31. The molecule has 3 rings (SSSR count). The molecule has 1 N–H and O–H groups in total. The fourth-order valence-corrected chi connectivity index (χ4v) is 3.67. The monoisotopic (exact) mass is 379 g/mol. The predicted octanol–water partition coefficient (Wildman–Crippen LogP) is 3.74. The third-order valence-corrected chi connectivity index (χ3v) is 4.94. The summed E-state index contributed by atoms with van der Waals surface area (Å²) >= 11 is 0. The molecule has 2 aromatic rings. The number of ether oxygens (including phenoxy) is 2. The highest BCUT2D eigenvalue weighted by Crippen LogP contribution is 2.39. The minimum Gasteiger partial charge on any atom is -0.493 e. The van der Waals surface area contributed by atoms with Gasteiger partial charge in [0.15, 0.2) is 11.5 Å². The number of methoxy groups -OCH3 is 1. The molecule has 0 atom stereocenters. The van der Waals surface area contributed by atoms with Crippen LogP contribution < -0.4 is 14.8 Å². The molecular formula is C20H27F2N3O2. The van der Waals surface area contributed by atoms with Crippen LogP contribution in [0.1, 0.15) is 24.1 Å². The summed E-state index contributed by atoms with van der Waals surface area (Å²) in [5.74, 6) is 1.29. The molecule has 0 spiro atoms. The van der Waals surface area contributed by atoms with Gasteiger partial charge in [0, 0.05) is 36.4 Å². The first kappa shape index (κ1) is 19.6. The van der Waals surface area contributed by atoms with Gasteiger partial charge in [0.1, 0.15) is 0 Å². The third-order valence-electron chi connectivity index (χ3n) is 4.94. The lowest BCUT2D eigenvalue weighted by Gasteiger charge is -2.17. The van der Waals surface area contributed by atoms with Crippen LogP contribution in [-0.4, -0.2) is 57.2 Å². The second-order valence-corrected chi connectivity index (χ2v) is 6.89. The molecule has 0 saturated carbocycles. The molecule has 148 valence electrons. The Morgan fingerprint density at radius 1 is 1.26 bits per heavy atom. The van der Waals surface area contributed by atoms with Crippen LogP contribution in [0.25, 0.3) is 10.9 Å². The maximum absolute atomic E-state index is 12.4. The largest absolute Gasteiger partial charge is 0.493 e. The summed E-state index contributed by atoms with van der Waals surface area (Å²) in [5.41, 5.74) is 4.44. The van der Waals surface area contributed by atoms with Gasteiger partial charge in [-0.2, -0.15) is 0 Å². The van der Waals surface area contributed by atoms with E-state index in [1.54, 1.807) is 19.1 Å². The van der Waals surface area contributed by atoms with E-state index in [1.165, 1.54) is 5.56 Å². The molecule has 0 amide bonds. The van der Waals surface area contributed by atoms with Crippen molar-refractivity contribution in [3.63, 3.8) is 0 Å². The van der Waals surface area contributed by atoms with Crippen LogP contribution in [0, 0.1) is 0 Å². The summed E-state index contributed by atoms with van der Waals surface area (Å²) in [6.07, 6.45) is 1.51. The van der Waals surface area contributed by atoms with E-state index in [2.05, 4.69) is 5.32 Å². The van der Waals surface area contributed by atoms with Crippen LogP contribution in [0.15, 0.2) is 12.1 Å². The molecule has 0 fully saturated rings. The standard InChI is InChI=1S/C20H27F2N3O2/c1-23-20-13-6-4-7-15(13)24-16-11-18(17(26-3)10-14(16)20)27-9-5-8-25(2)12-19(21)22/h10-11,19H,4-9,12H2,1-3H3,(H,23,24). The molecule has 7 heteroatoms. The number of alkyl halides is 2. The average Bonchev–Trinajstić information content (AvgIpc) is 3.10. The van der Waals surface area contributed by atoms with Gasteiger partial charge in [-0.05, 0) is 44.4 Å². The predicted molar refractivity (Wildman–Crippen MR) is 103 cm³/mol. The van der Waals surface area contributed by atoms with Crippen LogP contribution in [0.4, 0.5) is 14.5 Å². The van der Waals surface area contributed by atoms with Crippen LogP contribution in [0.5, 0.6) is 11.5 Å². The molecular weight excluding hydrogens is 352 g/mol. The Hall–Kier alpha value is -2.15. The zero-order valence-corrected chi connectivity index (χ0v) is 16.1. The lowest BCUT2D eigenvalue weighted by molar-refractivity contribution is 0.0976. The third kappa shape index (κ3) is 4.40. The lowest BCUT2D eigenvalue weighted by atomic mass is 10.1. The van der Waals surface area contributed by atoms with Crippen molar-refractivity contribution in [1.82, 2.24) is 9.88 Å². The van der Waals surface area contributed by atoms with E-state index < -0.39 is 6.43 Å². The number of hydrogen-bond acceptors (Lipinski definition) is 5. The first-order chi connectivity index (χ1) is 13.0. The van der Waals surface area contributed by atoms with Crippen molar-refractivity contribution in [3.05, 3.63) is 23.4 Å². The molecule has 1 aliphatic rings. The summed E-state index contributed by atoms with van der Waals surface area (Å²) in [6, 6.07) is 3.88. The Kier molecular flexibility index (Phi) is 6.31. The molecule has 1 aromatic heterocycles. The smallest absolute Gasteiger partial charge is 0.251 e. The Bertz CT molecular complexity index is 799. The van der Waals surface area contributed by atoms with Gasteiger partial charge in [-0.25, -0.2) is 8.78 Å². The summed E-state index contributed by atoms with van der Waals surface area (Å²) in [5, 5.41) is 4.35. The zero-order valence-electron chi connectivity index (χ0n) is 16.1. The molecule has 27 heavy (non-hydrogen) atoms. The fourth-order valence-electron chi connectivity index (χ4n) is 3.67. The average molecular weight is 379 g/mol. The summed E-state index contributed by atoms with van der Waals surface area (Å²) in [6.45, 7) is 0.760. The van der Waals surface area contributed by atoms with Crippen LogP contribution in [-0.2, 0) is 12.8 Å². The number of pyridine rings is 1. The van der Waals surface area contributed by atoms with E-state index in [0.717, 1.165) is 41.5 Å². The van der Waals surface area contributed by atoms with Crippen molar-refractivity contribution in [2.45, 2.75) is 32.1 Å². The Morgan fingerprint density at radius 3 is 2.78 bits per heavy atom. The van der Waals surface area contributed by atoms with E-state index in [-0.39, 0.29) is 6.54 Å². The normalized spacial score (nSPS) is 13.4. The number of nitrogens with one attached hydrogen (secondary N) is 1.